The molecule has 0 aliphatic heterocycles. The number of alkyl carbamates (subject to hydrolysis) is 1. The molecule has 0 fully saturated rings. The second-order valence-electron chi connectivity index (χ2n) is 9.88. The fraction of sp³-hybridized carbons (Fsp3) is 0.630. The Morgan fingerprint density at radius 1 is 1.11 bits per heavy atom. The number of unbranched alkanes of at least 4 members (excludes halogenated alkanes) is 1. The molecule has 3 amide bonds. The Morgan fingerprint density at radius 3 is 2.32 bits per heavy atom. The van der Waals surface area contributed by atoms with Crippen molar-refractivity contribution < 1.29 is 28.7 Å². The number of aryl methyl sites for hydroxylation is 2. The molecule has 2 atom stereocenters. The first-order valence-electron chi connectivity index (χ1n) is 12.8. The number of esters is 1. The summed E-state index contributed by atoms with van der Waals surface area (Å²) in [7, 11) is 0. The summed E-state index contributed by atoms with van der Waals surface area (Å²) in [4.78, 5) is 53.0. The smallest absolute Gasteiger partial charge is 0.408 e. The standard InChI is InChI=1S/C27H43N3O6S/c1-8-10-15-30(25(33)21(17-37)29-26(34)36-27(5,6)7)23(20-12-11-18(3)16-19(20)4)24(32)28-14-13-22(31)35-9-2/h11-12,16,21,23,37H,8-10,13-15,17H2,1-7H3,(H,28,32)(H,29,34). The molecule has 208 valence electrons. The number of hydrogen-bond acceptors (Lipinski definition) is 7. The topological polar surface area (TPSA) is 114 Å². The van der Waals surface area contributed by atoms with Gasteiger partial charge in [-0.2, -0.15) is 12.6 Å². The van der Waals surface area contributed by atoms with Gasteiger partial charge < -0.3 is 25.0 Å². The minimum absolute atomic E-state index is 0.0154. The number of hydrogen-bond donors (Lipinski definition) is 3. The van der Waals surface area contributed by atoms with E-state index in [4.69, 9.17) is 9.47 Å². The highest BCUT2D eigenvalue weighted by atomic mass is 32.1. The number of nitrogens with one attached hydrogen (secondary N) is 2. The Balaban J connectivity index is 3.36. The van der Waals surface area contributed by atoms with Crippen LogP contribution in [0.2, 0.25) is 0 Å². The molecule has 9 nitrogen and oxygen atoms in total. The molecule has 1 rings (SSSR count). The molecule has 10 heteroatoms. The molecule has 0 aliphatic rings. The quantitative estimate of drug-likeness (QED) is 0.260. The zero-order chi connectivity index (χ0) is 28.2. The van der Waals surface area contributed by atoms with Gasteiger partial charge in [-0.05, 0) is 59.1 Å². The van der Waals surface area contributed by atoms with Crippen molar-refractivity contribution in [1.29, 1.82) is 0 Å². The average Bonchev–Trinajstić information content (AvgIpc) is 2.79. The summed E-state index contributed by atoms with van der Waals surface area (Å²) in [5, 5.41) is 5.39. The number of benzene rings is 1. The van der Waals surface area contributed by atoms with Crippen molar-refractivity contribution in [2.24, 2.45) is 0 Å². The number of thiol groups is 1. The third-order valence-electron chi connectivity index (χ3n) is 5.42. The highest BCUT2D eigenvalue weighted by Crippen LogP contribution is 2.27. The maximum Gasteiger partial charge on any atom is 0.408 e. The van der Waals surface area contributed by atoms with E-state index in [1.807, 2.05) is 39.0 Å². The van der Waals surface area contributed by atoms with Crippen LogP contribution in [0.15, 0.2) is 18.2 Å². The van der Waals surface area contributed by atoms with Gasteiger partial charge in [-0.15, -0.1) is 0 Å². The van der Waals surface area contributed by atoms with E-state index in [0.717, 1.165) is 17.5 Å². The van der Waals surface area contributed by atoms with E-state index in [9.17, 15) is 19.2 Å². The van der Waals surface area contributed by atoms with Gasteiger partial charge in [-0.1, -0.05) is 37.1 Å². The zero-order valence-corrected chi connectivity index (χ0v) is 24.1. The van der Waals surface area contributed by atoms with Gasteiger partial charge in [-0.25, -0.2) is 4.79 Å². The van der Waals surface area contributed by atoms with Gasteiger partial charge in [-0.3, -0.25) is 14.4 Å². The number of carbonyl (C=O) groups is 4. The normalized spacial score (nSPS) is 12.8. The van der Waals surface area contributed by atoms with Crippen LogP contribution < -0.4 is 10.6 Å². The lowest BCUT2D eigenvalue weighted by molar-refractivity contribution is -0.144. The van der Waals surface area contributed by atoms with Crippen LogP contribution >= 0.6 is 12.6 Å². The molecule has 2 N–H and O–H groups in total. The zero-order valence-electron chi connectivity index (χ0n) is 23.2. The van der Waals surface area contributed by atoms with Crippen LogP contribution in [-0.4, -0.2) is 65.9 Å². The molecule has 37 heavy (non-hydrogen) atoms. The van der Waals surface area contributed by atoms with E-state index in [0.29, 0.717) is 18.5 Å². The van der Waals surface area contributed by atoms with Crippen molar-refractivity contribution in [1.82, 2.24) is 15.5 Å². The van der Waals surface area contributed by atoms with Gasteiger partial charge in [0.1, 0.15) is 17.7 Å². The highest BCUT2D eigenvalue weighted by molar-refractivity contribution is 7.80. The van der Waals surface area contributed by atoms with Crippen LogP contribution in [0.3, 0.4) is 0 Å². The molecule has 0 radical (unpaired) electrons. The molecule has 1 aromatic carbocycles. The van der Waals surface area contributed by atoms with Crippen molar-refractivity contribution in [2.75, 3.05) is 25.4 Å². The third kappa shape index (κ3) is 11.0. The molecule has 0 bridgehead atoms. The minimum atomic E-state index is -1.00. The fourth-order valence-electron chi connectivity index (χ4n) is 3.73. The lowest BCUT2D eigenvalue weighted by atomic mass is 9.96. The van der Waals surface area contributed by atoms with Crippen molar-refractivity contribution in [3.05, 3.63) is 34.9 Å². The molecule has 0 spiro atoms. The molecule has 0 heterocycles. The monoisotopic (exact) mass is 537 g/mol. The van der Waals surface area contributed by atoms with Crippen molar-refractivity contribution >= 4 is 36.5 Å². The first kappa shape index (κ1) is 32.3. The third-order valence-corrected chi connectivity index (χ3v) is 5.79. The maximum absolute atomic E-state index is 13.8. The molecule has 0 saturated carbocycles. The molecule has 2 unspecified atom stereocenters. The molecule has 1 aromatic rings. The second-order valence-corrected chi connectivity index (χ2v) is 10.2. The predicted octanol–water partition coefficient (Wildman–Crippen LogP) is 3.87. The summed E-state index contributed by atoms with van der Waals surface area (Å²) >= 11 is 4.30. The van der Waals surface area contributed by atoms with E-state index in [-0.39, 0.29) is 25.3 Å². The Kier molecular flexibility index (Phi) is 13.5. The van der Waals surface area contributed by atoms with Gasteiger partial charge in [0.05, 0.1) is 13.0 Å². The van der Waals surface area contributed by atoms with E-state index < -0.39 is 41.6 Å². The Hall–Kier alpha value is -2.75. The van der Waals surface area contributed by atoms with E-state index in [1.165, 1.54) is 4.90 Å². The van der Waals surface area contributed by atoms with E-state index in [2.05, 4.69) is 23.3 Å². The Morgan fingerprint density at radius 2 is 1.78 bits per heavy atom. The molecule has 0 saturated heterocycles. The Labute approximate surface area is 226 Å². The summed E-state index contributed by atoms with van der Waals surface area (Å²) in [5.41, 5.74) is 1.80. The van der Waals surface area contributed by atoms with E-state index >= 15 is 0 Å². The van der Waals surface area contributed by atoms with Gasteiger partial charge >= 0.3 is 12.1 Å². The van der Waals surface area contributed by atoms with Crippen LogP contribution in [0.25, 0.3) is 0 Å². The van der Waals surface area contributed by atoms with Gasteiger partial charge in [0.15, 0.2) is 0 Å². The fourth-order valence-corrected chi connectivity index (χ4v) is 3.98. The lowest BCUT2D eigenvalue weighted by Crippen LogP contribution is -2.54. The summed E-state index contributed by atoms with van der Waals surface area (Å²) in [6.07, 6.45) is 0.715. The number of ether oxygens (including phenoxy) is 2. The SMILES string of the molecule is CCCCN(C(=O)C(CS)NC(=O)OC(C)(C)C)C(C(=O)NCCC(=O)OCC)c1ccc(C)cc1C. The number of nitrogens with zero attached hydrogens (tertiary/aromatic N) is 1. The Bertz CT molecular complexity index is 931. The minimum Gasteiger partial charge on any atom is -0.466 e. The summed E-state index contributed by atoms with van der Waals surface area (Å²) in [5.74, 6) is -1.26. The van der Waals surface area contributed by atoms with Crippen LogP contribution in [0.5, 0.6) is 0 Å². The van der Waals surface area contributed by atoms with Gasteiger partial charge in [0.2, 0.25) is 11.8 Å². The molecule has 0 aromatic heterocycles. The summed E-state index contributed by atoms with van der Waals surface area (Å²) in [6, 6.07) is 3.70. The van der Waals surface area contributed by atoms with Crippen molar-refractivity contribution in [3.8, 4) is 0 Å². The second kappa shape index (κ2) is 15.5. The predicted molar refractivity (Wildman–Crippen MR) is 147 cm³/mol. The maximum atomic E-state index is 13.8. The van der Waals surface area contributed by atoms with Crippen molar-refractivity contribution in [3.63, 3.8) is 0 Å². The van der Waals surface area contributed by atoms with E-state index in [1.54, 1.807) is 27.7 Å². The lowest BCUT2D eigenvalue weighted by Gasteiger charge is -2.35. The molecule has 0 aliphatic carbocycles. The first-order valence-corrected chi connectivity index (χ1v) is 13.4. The molecular weight excluding hydrogens is 494 g/mol. The summed E-state index contributed by atoms with van der Waals surface area (Å²) < 4.78 is 10.3. The molecular formula is C27H43N3O6S. The van der Waals surface area contributed by atoms with Crippen LogP contribution in [0.4, 0.5) is 4.79 Å². The number of carbonyl (C=O) groups excluding carboxylic acids is 4. The van der Waals surface area contributed by atoms with Gasteiger partial charge in [0, 0.05) is 18.8 Å². The van der Waals surface area contributed by atoms with Crippen molar-refractivity contribution in [2.45, 2.75) is 85.4 Å². The van der Waals surface area contributed by atoms with Crippen LogP contribution in [0, 0.1) is 13.8 Å². The van der Waals surface area contributed by atoms with Crippen LogP contribution in [-0.2, 0) is 23.9 Å². The van der Waals surface area contributed by atoms with Gasteiger partial charge in [0.25, 0.3) is 0 Å². The van der Waals surface area contributed by atoms with Crippen LogP contribution in [0.1, 0.15) is 76.6 Å². The first-order chi connectivity index (χ1) is 17.3. The number of rotatable bonds is 13. The largest absolute Gasteiger partial charge is 0.466 e. The highest BCUT2D eigenvalue weighted by Gasteiger charge is 2.36. The summed E-state index contributed by atoms with van der Waals surface area (Å²) in [6.45, 7) is 13.4. The number of amides is 3. The average molecular weight is 538 g/mol.